The molecule has 9 rings (SSSR count). The number of nitrogens with one attached hydrogen (secondary N) is 2. The van der Waals surface area contributed by atoms with Gasteiger partial charge in [-0.3, -0.25) is 14.4 Å². The first-order chi connectivity index (χ1) is 31.9. The third-order valence-corrected chi connectivity index (χ3v) is 14.9. The quantitative estimate of drug-likeness (QED) is 0.120. The minimum absolute atomic E-state index is 0.00435. The Balaban J connectivity index is 0.881. The third kappa shape index (κ3) is 10.5. The monoisotopic (exact) mass is 914 g/mol. The molecule has 2 saturated heterocycles. The highest BCUT2D eigenvalue weighted by Crippen LogP contribution is 2.60. The number of ether oxygens (including phenoxy) is 5. The number of hydrogen-bond donors (Lipinski definition) is 3. The number of allylic oxidation sites excluding steroid dienone is 1. The van der Waals surface area contributed by atoms with Crippen LogP contribution in [0.4, 0.5) is 0 Å². The van der Waals surface area contributed by atoms with E-state index in [0.717, 1.165) is 48.8 Å². The van der Waals surface area contributed by atoms with Crippen LogP contribution in [0.1, 0.15) is 136 Å². The average Bonchev–Trinajstić information content (AvgIpc) is 3.57. The molecule has 2 amide bonds. The Morgan fingerprint density at radius 1 is 0.896 bits per heavy atom. The van der Waals surface area contributed by atoms with E-state index in [1.54, 1.807) is 57.2 Å². The zero-order valence-corrected chi connectivity index (χ0v) is 39.7. The van der Waals surface area contributed by atoms with Gasteiger partial charge in [-0.25, -0.2) is 4.79 Å². The fraction of sp³-hybridized carbons (Fsp3) is 0.527. The maximum absolute atomic E-state index is 14.2. The van der Waals surface area contributed by atoms with E-state index in [1.807, 2.05) is 30.3 Å². The lowest BCUT2D eigenvalue weighted by molar-refractivity contribution is -0.172. The highest BCUT2D eigenvalue weighted by Gasteiger charge is 2.57. The van der Waals surface area contributed by atoms with Gasteiger partial charge < -0.3 is 39.4 Å². The smallest absolute Gasteiger partial charge is 0.338 e. The van der Waals surface area contributed by atoms with Crippen LogP contribution in [0, 0.1) is 17.3 Å². The van der Waals surface area contributed by atoms with E-state index >= 15 is 0 Å². The van der Waals surface area contributed by atoms with Crippen LogP contribution >= 0.6 is 0 Å². The van der Waals surface area contributed by atoms with Gasteiger partial charge in [-0.1, -0.05) is 74.0 Å². The number of benzene rings is 3. The molecule has 4 fully saturated rings. The molecular formula is C55H66N2O10. The van der Waals surface area contributed by atoms with Crippen molar-refractivity contribution in [3.8, 4) is 0 Å². The molecule has 12 heteroatoms. The van der Waals surface area contributed by atoms with Crippen molar-refractivity contribution in [1.29, 1.82) is 0 Å². The van der Waals surface area contributed by atoms with Crippen molar-refractivity contribution in [2.24, 2.45) is 17.3 Å². The third-order valence-electron chi connectivity index (χ3n) is 14.9. The van der Waals surface area contributed by atoms with Gasteiger partial charge in [0.1, 0.15) is 23.9 Å². The number of amides is 2. The van der Waals surface area contributed by atoms with Gasteiger partial charge in [-0.15, -0.1) is 0 Å². The van der Waals surface area contributed by atoms with Crippen LogP contribution in [0.15, 0.2) is 90.0 Å². The van der Waals surface area contributed by atoms with E-state index in [1.165, 1.54) is 5.57 Å². The summed E-state index contributed by atoms with van der Waals surface area (Å²) in [4.78, 5) is 53.7. The summed E-state index contributed by atoms with van der Waals surface area (Å²) in [5.74, 6) is -1.50. The largest absolute Gasteiger partial charge is 0.460 e. The number of aliphatic hydroxyl groups excluding tert-OH is 1. The van der Waals surface area contributed by atoms with Crippen molar-refractivity contribution in [3.63, 3.8) is 0 Å². The molecule has 2 aliphatic heterocycles. The van der Waals surface area contributed by atoms with Gasteiger partial charge in [-0.2, -0.15) is 0 Å². The summed E-state index contributed by atoms with van der Waals surface area (Å²) in [6.07, 6.45) is 9.16. The molecule has 0 aromatic heterocycles. The van der Waals surface area contributed by atoms with Crippen molar-refractivity contribution >= 4 is 29.8 Å². The first-order valence-electron chi connectivity index (χ1n) is 24.2. The molecule has 356 valence electrons. The molecule has 0 bridgehead atoms. The number of carbonyl (C=O) groups is 4. The summed E-state index contributed by atoms with van der Waals surface area (Å²) in [6.45, 7) is 12.1. The Kier molecular flexibility index (Phi) is 12.9. The highest BCUT2D eigenvalue weighted by atomic mass is 16.8. The van der Waals surface area contributed by atoms with E-state index in [-0.39, 0.29) is 49.3 Å². The van der Waals surface area contributed by atoms with Crippen LogP contribution in [0.2, 0.25) is 0 Å². The first kappa shape index (κ1) is 46.9. The van der Waals surface area contributed by atoms with Gasteiger partial charge in [0.05, 0.1) is 29.9 Å². The molecule has 6 aliphatic rings. The summed E-state index contributed by atoms with van der Waals surface area (Å²) >= 11 is 0. The van der Waals surface area contributed by atoms with Crippen LogP contribution in [-0.4, -0.2) is 82.9 Å². The second kappa shape index (κ2) is 18.4. The highest BCUT2D eigenvalue weighted by molar-refractivity contribution is 5.95. The van der Waals surface area contributed by atoms with Gasteiger partial charge in [-0.05, 0) is 136 Å². The van der Waals surface area contributed by atoms with Crippen molar-refractivity contribution in [2.75, 3.05) is 6.61 Å². The normalized spacial score (nSPS) is 28.7. The number of esters is 2. The van der Waals surface area contributed by atoms with E-state index in [0.29, 0.717) is 53.0 Å². The van der Waals surface area contributed by atoms with Gasteiger partial charge in [0, 0.05) is 43.4 Å². The van der Waals surface area contributed by atoms with E-state index in [9.17, 15) is 24.3 Å². The Morgan fingerprint density at radius 3 is 2.37 bits per heavy atom. The second-order valence-corrected chi connectivity index (χ2v) is 21.6. The molecule has 3 aromatic rings. The summed E-state index contributed by atoms with van der Waals surface area (Å²) in [6, 6.07) is 22.0. The van der Waals surface area contributed by atoms with Crippen molar-refractivity contribution in [1.82, 2.24) is 10.6 Å². The molecule has 67 heavy (non-hydrogen) atoms. The number of rotatable bonds is 12. The van der Waals surface area contributed by atoms with Crippen molar-refractivity contribution < 1.29 is 48.0 Å². The zero-order valence-electron chi connectivity index (χ0n) is 39.7. The molecule has 2 saturated carbocycles. The summed E-state index contributed by atoms with van der Waals surface area (Å²) in [5, 5.41) is 15.7. The van der Waals surface area contributed by atoms with Gasteiger partial charge in [0.25, 0.3) is 5.91 Å². The SMILES string of the molecule is CC(C)(C)OC(=O)CCC(CO)NC(=O)c1cccc(CNC(=O)C2=CC3OC4(Cc5ccccc5C4)OC3C(OC(=O)c3cccc(C=C4CCC5OC5(C)CCC5C4CC5(C)C)c3)C2)c1. The maximum Gasteiger partial charge on any atom is 0.338 e. The minimum Gasteiger partial charge on any atom is -0.460 e. The lowest BCUT2D eigenvalue weighted by Gasteiger charge is -2.53. The first-order valence-corrected chi connectivity index (χ1v) is 24.2. The second-order valence-electron chi connectivity index (χ2n) is 21.6. The predicted octanol–water partition coefficient (Wildman–Crippen LogP) is 8.13. The molecule has 4 aliphatic carbocycles. The predicted molar refractivity (Wildman–Crippen MR) is 251 cm³/mol. The molecule has 8 atom stereocenters. The van der Waals surface area contributed by atoms with E-state index in [2.05, 4.69) is 49.6 Å². The van der Waals surface area contributed by atoms with Crippen molar-refractivity contribution in [3.05, 3.63) is 123 Å². The average molecular weight is 915 g/mol. The summed E-state index contributed by atoms with van der Waals surface area (Å²) < 4.78 is 31.4. The van der Waals surface area contributed by atoms with E-state index in [4.69, 9.17) is 23.7 Å². The molecule has 8 unspecified atom stereocenters. The van der Waals surface area contributed by atoms with Gasteiger partial charge in [0.15, 0.2) is 5.79 Å². The Hall–Kier alpha value is -5.14. The van der Waals surface area contributed by atoms with Gasteiger partial charge >= 0.3 is 11.9 Å². The fourth-order valence-electron chi connectivity index (χ4n) is 11.3. The fourth-order valence-corrected chi connectivity index (χ4v) is 11.3. The number of hydrogen-bond acceptors (Lipinski definition) is 10. The van der Waals surface area contributed by atoms with Crippen LogP contribution in [0.25, 0.3) is 6.08 Å². The summed E-state index contributed by atoms with van der Waals surface area (Å²) in [5.41, 5.74) is 6.19. The molecule has 0 radical (unpaired) electrons. The van der Waals surface area contributed by atoms with Crippen LogP contribution < -0.4 is 10.6 Å². The minimum atomic E-state index is -0.947. The molecule has 3 N–H and O–H groups in total. The number of aliphatic hydroxyl groups is 1. The molecule has 1 spiro atoms. The lowest BCUT2D eigenvalue weighted by Crippen LogP contribution is -2.45. The number of fused-ring (bicyclic) bond motifs is 4. The molecule has 3 aromatic carbocycles. The molecule has 12 nitrogen and oxygen atoms in total. The standard InChI is InChI=1S/C55H66N2O10/c1-52(2,3)66-47(59)20-18-41(32-58)57-50(61)36-15-10-12-34(25-36)31-56-49(60)40-26-44(48-45(27-40)64-55(67-48)28-38-13-7-8-14-39(38)29-55)63-51(62)37-16-9-11-33(24-37)23-35-17-19-46-54(6,65-46)22-21-43-42(35)30-53(43,4)5/h7-16,23-25,27,41-46,48,58H,17-22,26,28-32H2,1-6H3,(H,56,60)(H,57,61). The Labute approximate surface area is 394 Å². The molecular weight excluding hydrogens is 849 g/mol. The lowest BCUT2D eigenvalue weighted by atomic mass is 9.52. The van der Waals surface area contributed by atoms with Crippen LogP contribution in [-0.2, 0) is 52.7 Å². The zero-order chi connectivity index (χ0) is 47.3. The Bertz CT molecular complexity index is 2440. The number of epoxide rings is 1. The maximum atomic E-state index is 14.2. The van der Waals surface area contributed by atoms with E-state index < -0.39 is 53.6 Å². The summed E-state index contributed by atoms with van der Waals surface area (Å²) in [7, 11) is 0. The van der Waals surface area contributed by atoms with Crippen molar-refractivity contribution in [2.45, 2.75) is 160 Å². The molecule has 2 heterocycles. The van der Waals surface area contributed by atoms with Crippen LogP contribution in [0.3, 0.4) is 0 Å². The number of carbonyl (C=O) groups excluding carboxylic acids is 4. The topological polar surface area (TPSA) is 162 Å². The van der Waals surface area contributed by atoms with Gasteiger partial charge in [0.2, 0.25) is 5.91 Å². The van der Waals surface area contributed by atoms with Crippen LogP contribution in [0.5, 0.6) is 0 Å². The Morgan fingerprint density at radius 2 is 1.64 bits per heavy atom.